The van der Waals surface area contributed by atoms with Gasteiger partial charge < -0.3 is 4.43 Å². The van der Waals surface area contributed by atoms with Gasteiger partial charge >= 0.3 is 0 Å². The lowest BCUT2D eigenvalue weighted by Crippen LogP contribution is -2.52. The summed E-state index contributed by atoms with van der Waals surface area (Å²) in [6, 6.07) is 4.48. The first kappa shape index (κ1) is 19.7. The summed E-state index contributed by atoms with van der Waals surface area (Å²) in [5.41, 5.74) is 0.358. The number of rotatable bonds is 7. The highest BCUT2D eigenvalue weighted by molar-refractivity contribution is 14.1. The Morgan fingerprint density at radius 3 is 2.52 bits per heavy atom. The third-order valence-electron chi connectivity index (χ3n) is 5.82. The summed E-state index contributed by atoms with van der Waals surface area (Å²) in [6.45, 7) is 11.8. The molecule has 0 amide bonds. The van der Waals surface area contributed by atoms with E-state index in [-0.39, 0.29) is 5.04 Å². The Kier molecular flexibility index (Phi) is 6.59. The predicted octanol–water partition coefficient (Wildman–Crippen LogP) is 7.19. The molecule has 0 saturated heterocycles. The highest BCUT2D eigenvalue weighted by Crippen LogP contribution is 2.51. The maximum atomic E-state index is 6.95. The van der Waals surface area contributed by atoms with Crippen LogP contribution in [0.15, 0.2) is 27.7 Å². The third kappa shape index (κ3) is 4.70. The molecule has 0 bridgehead atoms. The van der Waals surface area contributed by atoms with Crippen LogP contribution in [-0.2, 0) is 10.8 Å². The van der Waals surface area contributed by atoms with Gasteiger partial charge in [-0.25, -0.2) is 0 Å². The number of thiophene rings is 1. The van der Waals surface area contributed by atoms with E-state index >= 15 is 0 Å². The van der Waals surface area contributed by atoms with Crippen molar-refractivity contribution in [2.45, 2.75) is 77.1 Å². The summed E-state index contributed by atoms with van der Waals surface area (Å²) in [6.07, 6.45) is 8.91. The van der Waals surface area contributed by atoms with Gasteiger partial charge in [0, 0.05) is 10.3 Å². The average molecular weight is 463 g/mol. The van der Waals surface area contributed by atoms with E-state index in [4.69, 9.17) is 4.43 Å². The van der Waals surface area contributed by atoms with Crippen molar-refractivity contribution < 1.29 is 4.43 Å². The second kappa shape index (κ2) is 7.71. The topological polar surface area (TPSA) is 9.23 Å². The van der Waals surface area contributed by atoms with Crippen molar-refractivity contribution >= 4 is 42.2 Å². The van der Waals surface area contributed by atoms with Crippen molar-refractivity contribution in [1.29, 1.82) is 0 Å². The van der Waals surface area contributed by atoms with Crippen molar-refractivity contribution in [2.75, 3.05) is 0 Å². The standard InChI is InChI=1S/C19H31IOSSi/c1-18(2,3)23(4,5)21-17(10-6-13-20)19(11-8-12-19)15-16-9-7-14-22-16/h6-7,9,13-14,17H,8,10-12,15H2,1-5H3/b13-6+. The Labute approximate surface area is 161 Å². The fraction of sp³-hybridized carbons (Fsp3) is 0.684. The number of halogens is 1. The number of hydrogen-bond acceptors (Lipinski definition) is 2. The molecule has 0 radical (unpaired) electrons. The maximum absolute atomic E-state index is 6.95. The van der Waals surface area contributed by atoms with E-state index in [1.54, 1.807) is 0 Å². The largest absolute Gasteiger partial charge is 0.413 e. The van der Waals surface area contributed by atoms with Crippen LogP contribution in [0.4, 0.5) is 0 Å². The molecule has 1 heterocycles. The van der Waals surface area contributed by atoms with Crippen molar-refractivity contribution in [1.82, 2.24) is 0 Å². The van der Waals surface area contributed by atoms with Crippen LogP contribution in [0.2, 0.25) is 18.1 Å². The quantitative estimate of drug-likeness (QED) is 0.308. The molecule has 1 aliphatic carbocycles. The molecule has 0 aromatic carbocycles. The van der Waals surface area contributed by atoms with Gasteiger partial charge in [-0.1, -0.05) is 61.9 Å². The van der Waals surface area contributed by atoms with Crippen LogP contribution in [0.3, 0.4) is 0 Å². The summed E-state index contributed by atoms with van der Waals surface area (Å²) >= 11 is 4.23. The lowest BCUT2D eigenvalue weighted by molar-refractivity contribution is -0.0234. The molecule has 4 heteroatoms. The Hall–Kier alpha value is 0.347. The molecule has 1 saturated carbocycles. The van der Waals surface area contributed by atoms with Crippen LogP contribution in [0.5, 0.6) is 0 Å². The van der Waals surface area contributed by atoms with E-state index in [0.717, 1.165) is 6.42 Å². The van der Waals surface area contributed by atoms with Crippen molar-refractivity contribution in [3.05, 3.63) is 32.5 Å². The molecular formula is C19H31IOSSi. The molecule has 1 aliphatic rings. The van der Waals surface area contributed by atoms with E-state index < -0.39 is 8.32 Å². The van der Waals surface area contributed by atoms with E-state index in [2.05, 4.69) is 84.1 Å². The SMILES string of the molecule is CC(C)(C)[Si](C)(C)OC(C/C=C/I)C1(Cc2cccs2)CCC1. The molecular weight excluding hydrogens is 431 g/mol. The zero-order valence-corrected chi connectivity index (χ0v) is 19.2. The van der Waals surface area contributed by atoms with Gasteiger partial charge in [-0.3, -0.25) is 0 Å². The van der Waals surface area contributed by atoms with Gasteiger partial charge in [0.05, 0.1) is 6.10 Å². The Bertz CT molecular complexity index is 512. The minimum Gasteiger partial charge on any atom is -0.413 e. The van der Waals surface area contributed by atoms with E-state index in [0.29, 0.717) is 11.5 Å². The Morgan fingerprint density at radius 1 is 1.39 bits per heavy atom. The van der Waals surface area contributed by atoms with Gasteiger partial charge in [0.1, 0.15) is 0 Å². The van der Waals surface area contributed by atoms with Crippen molar-refractivity contribution in [3.63, 3.8) is 0 Å². The second-order valence-corrected chi connectivity index (χ2v) is 14.9. The monoisotopic (exact) mass is 462 g/mol. The minimum atomic E-state index is -1.74. The van der Waals surface area contributed by atoms with Gasteiger partial charge in [0.25, 0.3) is 0 Å². The van der Waals surface area contributed by atoms with Gasteiger partial charge in [-0.2, -0.15) is 0 Å². The van der Waals surface area contributed by atoms with Crippen LogP contribution < -0.4 is 0 Å². The molecule has 1 atom stereocenters. The Balaban J connectivity index is 2.22. The highest BCUT2D eigenvalue weighted by Gasteiger charge is 2.48. The molecule has 130 valence electrons. The first-order chi connectivity index (χ1) is 10.7. The van der Waals surface area contributed by atoms with Crippen LogP contribution in [0, 0.1) is 5.41 Å². The molecule has 23 heavy (non-hydrogen) atoms. The van der Waals surface area contributed by atoms with Gasteiger partial charge in [-0.15, -0.1) is 11.3 Å². The maximum Gasteiger partial charge on any atom is 0.192 e. The first-order valence-electron chi connectivity index (χ1n) is 8.66. The molecule has 1 aromatic rings. The zero-order valence-electron chi connectivity index (χ0n) is 15.2. The highest BCUT2D eigenvalue weighted by atomic mass is 127. The van der Waals surface area contributed by atoms with Crippen molar-refractivity contribution in [2.24, 2.45) is 5.41 Å². The summed E-state index contributed by atoms with van der Waals surface area (Å²) < 4.78 is 9.10. The minimum absolute atomic E-state index is 0.271. The van der Waals surface area contributed by atoms with Crippen LogP contribution >= 0.6 is 33.9 Å². The van der Waals surface area contributed by atoms with Gasteiger partial charge in [0.2, 0.25) is 0 Å². The molecule has 1 aromatic heterocycles. The molecule has 1 nitrogen and oxygen atoms in total. The average Bonchev–Trinajstić information content (AvgIpc) is 2.90. The van der Waals surface area contributed by atoms with Gasteiger partial charge in [-0.05, 0) is 59.3 Å². The molecule has 0 N–H and O–H groups in total. The normalized spacial score (nSPS) is 19.7. The summed E-state index contributed by atoms with van der Waals surface area (Å²) in [5.74, 6) is 0. The van der Waals surface area contributed by atoms with E-state index in [1.807, 2.05) is 11.3 Å². The lowest BCUT2D eigenvalue weighted by atomic mass is 9.62. The van der Waals surface area contributed by atoms with Crippen LogP contribution in [0.1, 0.15) is 51.3 Å². The van der Waals surface area contributed by atoms with E-state index in [1.165, 1.54) is 30.6 Å². The molecule has 0 aliphatic heterocycles. The summed E-state index contributed by atoms with van der Waals surface area (Å²) in [4.78, 5) is 1.52. The molecule has 2 rings (SSSR count). The summed E-state index contributed by atoms with van der Waals surface area (Å²) in [5, 5.41) is 2.48. The fourth-order valence-corrected chi connectivity index (χ4v) is 5.70. The second-order valence-electron chi connectivity index (χ2n) is 8.44. The van der Waals surface area contributed by atoms with E-state index in [9.17, 15) is 0 Å². The molecule has 0 spiro atoms. The fourth-order valence-electron chi connectivity index (χ4n) is 3.13. The van der Waals surface area contributed by atoms with Gasteiger partial charge in [0.15, 0.2) is 8.32 Å². The predicted molar refractivity (Wildman–Crippen MR) is 114 cm³/mol. The van der Waals surface area contributed by atoms with Crippen LogP contribution in [-0.4, -0.2) is 14.4 Å². The zero-order chi connectivity index (χ0) is 17.1. The first-order valence-corrected chi connectivity index (χ1v) is 13.7. The summed E-state index contributed by atoms with van der Waals surface area (Å²) in [7, 11) is -1.74. The van der Waals surface area contributed by atoms with Crippen LogP contribution in [0.25, 0.3) is 0 Å². The van der Waals surface area contributed by atoms with Crippen molar-refractivity contribution in [3.8, 4) is 0 Å². The lowest BCUT2D eigenvalue weighted by Gasteiger charge is -2.51. The smallest absolute Gasteiger partial charge is 0.192 e. The third-order valence-corrected chi connectivity index (χ3v) is 11.7. The molecule has 1 unspecified atom stereocenters. The molecule has 1 fully saturated rings. The Morgan fingerprint density at radius 2 is 2.09 bits per heavy atom. The number of hydrogen-bond donors (Lipinski definition) is 0.